The Morgan fingerprint density at radius 1 is 1.31 bits per heavy atom. The topological polar surface area (TPSA) is 66.8 Å². The molecule has 0 aliphatic carbocycles. The average Bonchev–Trinajstić information content (AvgIpc) is 1.96. The van der Waals surface area contributed by atoms with Crippen LogP contribution in [-0.4, -0.2) is 9.79 Å². The molecule has 0 atom stereocenters. The second-order valence-corrected chi connectivity index (χ2v) is 4.94. The highest BCUT2D eigenvalue weighted by atomic mass is 79.9. The van der Waals surface area contributed by atoms with Crippen LogP contribution in [0.4, 0.5) is 0 Å². The first-order chi connectivity index (χ1) is 5.90. The molecule has 0 aromatic heterocycles. The van der Waals surface area contributed by atoms with Gasteiger partial charge in [0.25, 0.3) is 0 Å². The number of rotatable bonds is 2. The van der Waals surface area contributed by atoms with Crippen molar-refractivity contribution in [3.05, 3.63) is 27.1 Å². The molecule has 0 saturated carbocycles. The maximum absolute atomic E-state index is 10.5. The number of benzene rings is 1. The van der Waals surface area contributed by atoms with E-state index in [0.29, 0.717) is 8.95 Å². The Morgan fingerprint density at radius 2 is 1.92 bits per heavy atom. The molecule has 1 aromatic carbocycles. The Morgan fingerprint density at radius 3 is 2.46 bits per heavy atom. The van der Waals surface area contributed by atoms with E-state index in [1.54, 1.807) is 12.1 Å². The van der Waals surface area contributed by atoms with Crippen molar-refractivity contribution in [2.45, 2.75) is 0 Å². The molecular weight excluding hydrogens is 327 g/mol. The van der Waals surface area contributed by atoms with Gasteiger partial charge in [-0.2, -0.15) is 0 Å². The molecule has 0 unspecified atom stereocenters. The second kappa shape index (κ2) is 4.11. The first kappa shape index (κ1) is 11.2. The quantitative estimate of drug-likeness (QED) is 0.818. The smallest absolute Gasteiger partial charge is 0.403 e. The van der Waals surface area contributed by atoms with E-state index in [2.05, 4.69) is 36.4 Å². The molecule has 4 nitrogen and oxygen atoms in total. The molecule has 72 valence electrons. The summed E-state index contributed by atoms with van der Waals surface area (Å²) in [6.45, 7) is 0. The van der Waals surface area contributed by atoms with Crippen LogP contribution in [0.5, 0.6) is 5.75 Å². The summed E-state index contributed by atoms with van der Waals surface area (Å²) in [4.78, 5) is 17.1. The summed E-state index contributed by atoms with van der Waals surface area (Å²) >= 11 is 6.29. The van der Waals surface area contributed by atoms with Crippen LogP contribution in [0.2, 0.25) is 0 Å². The van der Waals surface area contributed by atoms with Crippen LogP contribution in [0, 0.1) is 0 Å². The minimum absolute atomic E-state index is 0.0997. The van der Waals surface area contributed by atoms with Gasteiger partial charge in [-0.25, -0.2) is 4.57 Å². The van der Waals surface area contributed by atoms with E-state index in [9.17, 15) is 4.57 Å². The monoisotopic (exact) mass is 330 g/mol. The molecule has 13 heavy (non-hydrogen) atoms. The summed E-state index contributed by atoms with van der Waals surface area (Å²) in [5.41, 5.74) is 0. The number of phosphoric acid groups is 1. The standard InChI is InChI=1S/C6H5Br2O4P/c7-4-2-1-3-5(6(4)8)12-13(9,10)11/h1-3H,(H2,9,10,11). The molecule has 1 aromatic rings. The summed E-state index contributed by atoms with van der Waals surface area (Å²) in [5.74, 6) is 0.0997. The Labute approximate surface area is 91.4 Å². The van der Waals surface area contributed by atoms with Crippen molar-refractivity contribution in [3.8, 4) is 5.75 Å². The van der Waals surface area contributed by atoms with Gasteiger partial charge in [-0.05, 0) is 44.0 Å². The Hall–Kier alpha value is 0.130. The third kappa shape index (κ3) is 3.40. The number of hydrogen-bond acceptors (Lipinski definition) is 2. The third-order valence-electron chi connectivity index (χ3n) is 1.13. The van der Waals surface area contributed by atoms with Crippen LogP contribution >= 0.6 is 39.7 Å². The fourth-order valence-electron chi connectivity index (χ4n) is 0.683. The predicted molar refractivity (Wildman–Crippen MR) is 54.5 cm³/mol. The molecule has 0 aliphatic heterocycles. The number of phosphoric ester groups is 1. The molecule has 0 bridgehead atoms. The van der Waals surface area contributed by atoms with Crippen molar-refractivity contribution < 1.29 is 18.9 Å². The number of hydrogen-bond donors (Lipinski definition) is 2. The van der Waals surface area contributed by atoms with Gasteiger partial charge in [-0.1, -0.05) is 6.07 Å². The molecule has 0 amide bonds. The van der Waals surface area contributed by atoms with Gasteiger partial charge in [0.15, 0.2) is 0 Å². The summed E-state index contributed by atoms with van der Waals surface area (Å²) in [6, 6.07) is 4.78. The molecule has 2 N–H and O–H groups in total. The minimum Gasteiger partial charge on any atom is -0.403 e. The van der Waals surface area contributed by atoms with Gasteiger partial charge >= 0.3 is 7.82 Å². The van der Waals surface area contributed by atoms with Gasteiger partial charge in [0, 0.05) is 4.47 Å². The molecule has 0 radical (unpaired) electrons. The third-order valence-corrected chi connectivity index (χ3v) is 3.58. The SMILES string of the molecule is O=P(O)(O)Oc1cccc(Br)c1Br. The molecule has 0 fully saturated rings. The largest absolute Gasteiger partial charge is 0.524 e. The van der Waals surface area contributed by atoms with Gasteiger partial charge in [0.1, 0.15) is 5.75 Å². The highest BCUT2D eigenvalue weighted by molar-refractivity contribution is 9.13. The number of halogens is 2. The first-order valence-electron chi connectivity index (χ1n) is 3.09. The Balaban J connectivity index is 3.03. The van der Waals surface area contributed by atoms with Crippen molar-refractivity contribution in [1.29, 1.82) is 0 Å². The first-order valence-corrected chi connectivity index (χ1v) is 6.21. The zero-order chi connectivity index (χ0) is 10.1. The van der Waals surface area contributed by atoms with Gasteiger partial charge in [-0.15, -0.1) is 0 Å². The van der Waals surface area contributed by atoms with E-state index in [4.69, 9.17) is 9.79 Å². The van der Waals surface area contributed by atoms with Gasteiger partial charge in [-0.3, -0.25) is 9.79 Å². The van der Waals surface area contributed by atoms with Crippen molar-refractivity contribution >= 4 is 39.7 Å². The van der Waals surface area contributed by atoms with Crippen LogP contribution in [-0.2, 0) is 4.57 Å². The zero-order valence-corrected chi connectivity index (χ0v) is 10.2. The van der Waals surface area contributed by atoms with E-state index < -0.39 is 7.82 Å². The van der Waals surface area contributed by atoms with Crippen LogP contribution in [0.1, 0.15) is 0 Å². The normalized spacial score (nSPS) is 11.4. The van der Waals surface area contributed by atoms with E-state index >= 15 is 0 Å². The maximum Gasteiger partial charge on any atom is 0.524 e. The van der Waals surface area contributed by atoms with Crippen molar-refractivity contribution in [1.82, 2.24) is 0 Å². The zero-order valence-electron chi connectivity index (χ0n) is 6.15. The highest BCUT2D eigenvalue weighted by Gasteiger charge is 2.18. The minimum atomic E-state index is -4.49. The lowest BCUT2D eigenvalue weighted by atomic mass is 10.3. The molecule has 0 saturated heterocycles. The average molecular weight is 332 g/mol. The van der Waals surface area contributed by atoms with Crippen LogP contribution < -0.4 is 4.52 Å². The molecule has 0 spiro atoms. The molecular formula is C6H5Br2O4P. The fourth-order valence-corrected chi connectivity index (χ4v) is 1.91. The second-order valence-electron chi connectivity index (χ2n) is 2.13. The lowest BCUT2D eigenvalue weighted by Crippen LogP contribution is -1.90. The molecule has 0 aliphatic rings. The summed E-state index contributed by atoms with van der Waals surface area (Å²) in [7, 11) is -4.49. The lowest BCUT2D eigenvalue weighted by molar-refractivity contribution is 0.282. The Bertz CT molecular complexity index is 362. The van der Waals surface area contributed by atoms with E-state index in [1.165, 1.54) is 6.07 Å². The van der Waals surface area contributed by atoms with Crippen LogP contribution in [0.3, 0.4) is 0 Å². The van der Waals surface area contributed by atoms with Gasteiger partial charge < -0.3 is 4.52 Å². The van der Waals surface area contributed by atoms with E-state index in [-0.39, 0.29) is 5.75 Å². The molecule has 0 heterocycles. The van der Waals surface area contributed by atoms with E-state index in [0.717, 1.165) is 0 Å². The predicted octanol–water partition coefficient (Wildman–Crippen LogP) is 2.68. The van der Waals surface area contributed by atoms with Crippen molar-refractivity contribution in [3.63, 3.8) is 0 Å². The highest BCUT2D eigenvalue weighted by Crippen LogP contribution is 2.42. The van der Waals surface area contributed by atoms with Gasteiger partial charge in [0.05, 0.1) is 4.47 Å². The lowest BCUT2D eigenvalue weighted by Gasteiger charge is -2.08. The summed E-state index contributed by atoms with van der Waals surface area (Å²) in [6.07, 6.45) is 0. The molecule has 1 rings (SSSR count). The van der Waals surface area contributed by atoms with Crippen molar-refractivity contribution in [2.75, 3.05) is 0 Å². The fraction of sp³-hybridized carbons (Fsp3) is 0. The van der Waals surface area contributed by atoms with E-state index in [1.807, 2.05) is 0 Å². The molecule has 7 heteroatoms. The summed E-state index contributed by atoms with van der Waals surface area (Å²) in [5, 5.41) is 0. The van der Waals surface area contributed by atoms with Crippen LogP contribution in [0.15, 0.2) is 27.1 Å². The summed E-state index contributed by atoms with van der Waals surface area (Å²) < 4.78 is 16.0. The van der Waals surface area contributed by atoms with Crippen LogP contribution in [0.25, 0.3) is 0 Å². The van der Waals surface area contributed by atoms with Gasteiger partial charge in [0.2, 0.25) is 0 Å². The van der Waals surface area contributed by atoms with Crippen molar-refractivity contribution in [2.24, 2.45) is 0 Å². The maximum atomic E-state index is 10.5. The Kier molecular flexibility index (Phi) is 3.54.